The van der Waals surface area contributed by atoms with Crippen molar-refractivity contribution in [3.05, 3.63) is 53.3 Å². The highest BCUT2D eigenvalue weighted by Gasteiger charge is 2.28. The van der Waals surface area contributed by atoms with Gasteiger partial charge >= 0.3 is 0 Å². The molecule has 4 rings (SSSR count). The van der Waals surface area contributed by atoms with Gasteiger partial charge in [-0.3, -0.25) is 4.79 Å². The van der Waals surface area contributed by atoms with Crippen LogP contribution in [0.5, 0.6) is 0 Å². The Balaban J connectivity index is 1.96. The molecule has 1 aliphatic rings. The number of carbonyl (C=O) groups excluding carboxylic acids is 1. The summed E-state index contributed by atoms with van der Waals surface area (Å²) in [5.41, 5.74) is 15.7. The lowest BCUT2D eigenvalue weighted by Gasteiger charge is -2.19. The first-order valence-corrected chi connectivity index (χ1v) is 10.1. The molecule has 0 aliphatic heterocycles. The average molecular weight is 383 g/mol. The zero-order chi connectivity index (χ0) is 19.3. The second-order valence-corrected chi connectivity index (χ2v) is 8.51. The predicted molar refractivity (Wildman–Crippen MR) is 100 cm³/mol. The fourth-order valence-corrected chi connectivity index (χ4v) is 3.90. The van der Waals surface area contributed by atoms with Gasteiger partial charge in [0.1, 0.15) is 0 Å². The van der Waals surface area contributed by atoms with Crippen LogP contribution in [0, 0.1) is 0 Å². The van der Waals surface area contributed by atoms with Gasteiger partial charge in [0.15, 0.2) is 21.3 Å². The van der Waals surface area contributed by atoms with Crippen molar-refractivity contribution in [2.45, 2.75) is 17.7 Å². The Morgan fingerprint density at radius 1 is 1.19 bits per heavy atom. The van der Waals surface area contributed by atoms with Gasteiger partial charge in [0.25, 0.3) is 5.91 Å². The van der Waals surface area contributed by atoms with Gasteiger partial charge in [-0.2, -0.15) is 5.10 Å². The fraction of sp³-hybridized carbons (Fsp3) is 0.167. The Morgan fingerprint density at radius 3 is 2.59 bits per heavy atom. The van der Waals surface area contributed by atoms with Crippen molar-refractivity contribution in [2.24, 2.45) is 5.73 Å². The lowest BCUT2D eigenvalue weighted by atomic mass is 9.88. The SMILES string of the molecule is CS(=O)(=O)c1ccc(-n2nc(C(N)=O)c3c2-c2cc(N)ccc2CC3)nc1. The van der Waals surface area contributed by atoms with Crippen LogP contribution in [-0.4, -0.2) is 35.3 Å². The number of nitrogen functional groups attached to an aromatic ring is 1. The van der Waals surface area contributed by atoms with Crippen LogP contribution in [0.1, 0.15) is 21.6 Å². The molecule has 0 saturated carbocycles. The van der Waals surface area contributed by atoms with E-state index in [1.165, 1.54) is 16.9 Å². The van der Waals surface area contributed by atoms with E-state index in [1.54, 1.807) is 6.07 Å². The van der Waals surface area contributed by atoms with Crippen molar-refractivity contribution in [3.63, 3.8) is 0 Å². The minimum Gasteiger partial charge on any atom is -0.399 e. The number of benzene rings is 1. The third-order valence-corrected chi connectivity index (χ3v) is 5.71. The molecule has 27 heavy (non-hydrogen) atoms. The number of amides is 1. The van der Waals surface area contributed by atoms with Gasteiger partial charge in [0, 0.05) is 29.3 Å². The van der Waals surface area contributed by atoms with E-state index in [9.17, 15) is 13.2 Å². The number of aromatic nitrogens is 3. The highest BCUT2D eigenvalue weighted by atomic mass is 32.2. The molecule has 8 nitrogen and oxygen atoms in total. The number of rotatable bonds is 3. The van der Waals surface area contributed by atoms with E-state index in [-0.39, 0.29) is 10.6 Å². The van der Waals surface area contributed by atoms with E-state index in [4.69, 9.17) is 11.5 Å². The number of anilines is 1. The topological polar surface area (TPSA) is 134 Å². The van der Waals surface area contributed by atoms with E-state index < -0.39 is 15.7 Å². The van der Waals surface area contributed by atoms with Crippen LogP contribution in [0.4, 0.5) is 5.69 Å². The molecule has 0 saturated heterocycles. The summed E-state index contributed by atoms with van der Waals surface area (Å²) in [4.78, 5) is 16.2. The maximum Gasteiger partial charge on any atom is 0.269 e. The van der Waals surface area contributed by atoms with E-state index in [2.05, 4.69) is 10.1 Å². The molecule has 2 aromatic heterocycles. The number of aryl methyl sites for hydroxylation is 1. The zero-order valence-electron chi connectivity index (χ0n) is 14.5. The lowest BCUT2D eigenvalue weighted by molar-refractivity contribution is 0.0994. The third kappa shape index (κ3) is 2.85. The summed E-state index contributed by atoms with van der Waals surface area (Å²) < 4.78 is 24.9. The molecule has 0 fully saturated rings. The standard InChI is InChI=1S/C18H17N5O3S/c1-27(25,26)12-5-7-15(21-9-12)23-17-13(16(22-23)18(20)24)6-3-10-2-4-11(19)8-14(10)17/h2,4-5,7-9H,3,6,19H2,1H3,(H2,20,24). The number of sulfone groups is 1. The molecular formula is C18H17N5O3S. The molecule has 0 bridgehead atoms. The first-order valence-electron chi connectivity index (χ1n) is 8.22. The molecule has 138 valence electrons. The zero-order valence-corrected chi connectivity index (χ0v) is 15.3. The summed E-state index contributed by atoms with van der Waals surface area (Å²) >= 11 is 0. The quantitative estimate of drug-likeness (QED) is 0.651. The normalized spacial score (nSPS) is 13.1. The maximum absolute atomic E-state index is 11.9. The number of hydrogen-bond donors (Lipinski definition) is 2. The Hall–Kier alpha value is -3.20. The molecule has 1 aromatic carbocycles. The monoisotopic (exact) mass is 383 g/mol. The molecule has 2 heterocycles. The van der Waals surface area contributed by atoms with Gasteiger partial charge in [0.05, 0.1) is 10.6 Å². The van der Waals surface area contributed by atoms with Gasteiger partial charge in [-0.05, 0) is 42.7 Å². The van der Waals surface area contributed by atoms with Gasteiger partial charge < -0.3 is 11.5 Å². The number of pyridine rings is 1. The van der Waals surface area contributed by atoms with Crippen LogP contribution in [0.25, 0.3) is 17.1 Å². The second-order valence-electron chi connectivity index (χ2n) is 6.49. The number of hydrogen-bond acceptors (Lipinski definition) is 6. The fourth-order valence-electron chi connectivity index (χ4n) is 3.34. The number of nitrogens with zero attached hydrogens (tertiary/aromatic N) is 3. The molecule has 1 aliphatic carbocycles. The first-order chi connectivity index (χ1) is 12.8. The summed E-state index contributed by atoms with van der Waals surface area (Å²) in [7, 11) is -3.36. The van der Waals surface area contributed by atoms with Crippen molar-refractivity contribution in [1.82, 2.24) is 14.8 Å². The van der Waals surface area contributed by atoms with Crippen LogP contribution in [0.15, 0.2) is 41.4 Å². The van der Waals surface area contributed by atoms with E-state index in [0.29, 0.717) is 23.6 Å². The lowest BCUT2D eigenvalue weighted by Crippen LogP contribution is -2.15. The minimum absolute atomic E-state index is 0.104. The van der Waals surface area contributed by atoms with Crippen molar-refractivity contribution < 1.29 is 13.2 Å². The summed E-state index contributed by atoms with van der Waals surface area (Å²) in [5.74, 6) is -0.230. The third-order valence-electron chi connectivity index (χ3n) is 4.62. The number of primary amides is 1. The molecule has 3 aromatic rings. The molecule has 0 radical (unpaired) electrons. The molecule has 1 amide bonds. The Bertz CT molecular complexity index is 1180. The highest BCUT2D eigenvalue weighted by Crippen LogP contribution is 2.37. The Labute approximate surface area is 155 Å². The van der Waals surface area contributed by atoms with Crippen molar-refractivity contribution in [1.29, 1.82) is 0 Å². The maximum atomic E-state index is 11.9. The molecule has 0 atom stereocenters. The summed E-state index contributed by atoms with van der Waals surface area (Å²) in [6.45, 7) is 0. The van der Waals surface area contributed by atoms with Gasteiger partial charge in [-0.15, -0.1) is 0 Å². The van der Waals surface area contributed by atoms with Gasteiger partial charge in [-0.25, -0.2) is 18.1 Å². The summed E-state index contributed by atoms with van der Waals surface area (Å²) in [6, 6.07) is 8.63. The molecule has 4 N–H and O–H groups in total. The van der Waals surface area contributed by atoms with Crippen molar-refractivity contribution in [3.8, 4) is 17.1 Å². The first kappa shape index (κ1) is 17.2. The largest absolute Gasteiger partial charge is 0.399 e. The summed E-state index contributed by atoms with van der Waals surface area (Å²) in [5, 5.41) is 4.37. The van der Waals surface area contributed by atoms with Crippen molar-refractivity contribution in [2.75, 3.05) is 12.0 Å². The van der Waals surface area contributed by atoms with Crippen LogP contribution in [0.3, 0.4) is 0 Å². The molecule has 9 heteroatoms. The summed E-state index contributed by atoms with van der Waals surface area (Å²) in [6.07, 6.45) is 3.75. The van der Waals surface area contributed by atoms with Crippen LogP contribution in [0.2, 0.25) is 0 Å². The Kier molecular flexibility index (Phi) is 3.77. The highest BCUT2D eigenvalue weighted by molar-refractivity contribution is 7.90. The number of carbonyl (C=O) groups is 1. The minimum atomic E-state index is -3.36. The van der Waals surface area contributed by atoms with E-state index in [1.807, 2.05) is 18.2 Å². The Morgan fingerprint density at radius 2 is 1.96 bits per heavy atom. The van der Waals surface area contributed by atoms with E-state index in [0.717, 1.165) is 29.4 Å². The van der Waals surface area contributed by atoms with Crippen LogP contribution < -0.4 is 11.5 Å². The van der Waals surface area contributed by atoms with Crippen LogP contribution in [-0.2, 0) is 22.7 Å². The predicted octanol–water partition coefficient (Wildman–Crippen LogP) is 1.12. The molecule has 0 unspecified atom stereocenters. The number of nitrogens with two attached hydrogens (primary N) is 2. The smallest absolute Gasteiger partial charge is 0.269 e. The molecule has 0 spiro atoms. The van der Waals surface area contributed by atoms with Crippen molar-refractivity contribution >= 4 is 21.4 Å². The van der Waals surface area contributed by atoms with Gasteiger partial charge in [-0.1, -0.05) is 6.07 Å². The second kappa shape index (κ2) is 5.92. The number of fused-ring (bicyclic) bond motifs is 3. The van der Waals surface area contributed by atoms with E-state index >= 15 is 0 Å². The average Bonchev–Trinajstić information content (AvgIpc) is 3.01. The van der Waals surface area contributed by atoms with Gasteiger partial charge in [0.2, 0.25) is 0 Å². The van der Waals surface area contributed by atoms with Crippen LogP contribution >= 0.6 is 0 Å². The molecular weight excluding hydrogens is 366 g/mol.